The molecule has 2 rings (SSSR count). The van der Waals surface area contributed by atoms with Gasteiger partial charge in [-0.2, -0.15) is 22.7 Å². The summed E-state index contributed by atoms with van der Waals surface area (Å²) in [5.41, 5.74) is -0.950. The van der Waals surface area contributed by atoms with Gasteiger partial charge in [-0.3, -0.25) is 0 Å². The molecule has 0 amide bonds. The number of halogens is 3. The maximum atomic E-state index is 13.1. The number of benzene rings is 1. The average Bonchev–Trinajstić information content (AvgIpc) is 2.53. The summed E-state index contributed by atoms with van der Waals surface area (Å²) in [5.74, 6) is 0. The predicted octanol–water partition coefficient (Wildman–Crippen LogP) is 2.83. The molecule has 0 radical (unpaired) electrons. The minimum atomic E-state index is -4.59. The number of alkyl halides is 3. The molecule has 0 bridgehead atoms. The first-order valence-electron chi connectivity index (χ1n) is 7.91. The van der Waals surface area contributed by atoms with Crippen LogP contribution in [-0.4, -0.2) is 44.7 Å². The van der Waals surface area contributed by atoms with Gasteiger partial charge in [0.05, 0.1) is 23.5 Å². The van der Waals surface area contributed by atoms with Crippen LogP contribution in [0.1, 0.15) is 30.9 Å². The van der Waals surface area contributed by atoms with Crippen molar-refractivity contribution in [2.75, 3.05) is 30.8 Å². The van der Waals surface area contributed by atoms with E-state index >= 15 is 0 Å². The first-order valence-corrected chi connectivity index (χ1v) is 9.76. The summed E-state index contributed by atoms with van der Waals surface area (Å²) in [6.07, 6.45) is -2.34. The van der Waals surface area contributed by atoms with E-state index in [-0.39, 0.29) is 6.04 Å². The quantitative estimate of drug-likeness (QED) is 0.812. The third kappa shape index (κ3) is 4.44. The van der Waals surface area contributed by atoms with Gasteiger partial charge < -0.3 is 4.90 Å². The lowest BCUT2D eigenvalue weighted by atomic mass is 10.0. The number of piperidine rings is 1. The zero-order valence-electron chi connectivity index (χ0n) is 14.0. The second kappa shape index (κ2) is 7.22. The maximum absolute atomic E-state index is 13.1. The lowest BCUT2D eigenvalue weighted by Crippen LogP contribution is -2.47. The Morgan fingerprint density at radius 2 is 1.92 bits per heavy atom. The van der Waals surface area contributed by atoms with Gasteiger partial charge in [-0.1, -0.05) is 6.92 Å². The summed E-state index contributed by atoms with van der Waals surface area (Å²) in [6.45, 7) is 3.06. The van der Waals surface area contributed by atoms with Gasteiger partial charge >= 0.3 is 6.18 Å². The summed E-state index contributed by atoms with van der Waals surface area (Å²) in [5, 5.41) is 8.86. The van der Waals surface area contributed by atoms with Gasteiger partial charge in [-0.25, -0.2) is 8.42 Å². The summed E-state index contributed by atoms with van der Waals surface area (Å²) in [7, 11) is -3.30. The zero-order valence-corrected chi connectivity index (χ0v) is 14.9. The molecule has 0 aliphatic carbocycles. The summed E-state index contributed by atoms with van der Waals surface area (Å²) in [6, 6.07) is 5.10. The molecule has 0 saturated carbocycles. The predicted molar refractivity (Wildman–Crippen MR) is 88.6 cm³/mol. The Hall–Kier alpha value is -1.79. The van der Waals surface area contributed by atoms with E-state index in [4.69, 9.17) is 5.26 Å². The molecular formula is C16H20F3N3O2S. The van der Waals surface area contributed by atoms with E-state index in [0.717, 1.165) is 6.07 Å². The van der Waals surface area contributed by atoms with Crippen molar-refractivity contribution in [1.82, 2.24) is 4.31 Å². The van der Waals surface area contributed by atoms with Crippen molar-refractivity contribution in [3.05, 3.63) is 29.3 Å². The first kappa shape index (κ1) is 19.5. The van der Waals surface area contributed by atoms with Gasteiger partial charge in [0.15, 0.2) is 0 Å². The van der Waals surface area contributed by atoms with Gasteiger partial charge in [0, 0.05) is 31.4 Å². The number of sulfonamides is 1. The molecule has 0 spiro atoms. The van der Waals surface area contributed by atoms with Crippen molar-refractivity contribution in [1.29, 1.82) is 5.26 Å². The molecule has 25 heavy (non-hydrogen) atoms. The van der Waals surface area contributed by atoms with Crippen LogP contribution >= 0.6 is 0 Å². The van der Waals surface area contributed by atoms with Crippen molar-refractivity contribution in [3.63, 3.8) is 0 Å². The van der Waals surface area contributed by atoms with Crippen LogP contribution in [0.5, 0.6) is 0 Å². The standard InChI is InChI=1S/C16H20F3N3O2S/c1-3-22(25(2,23)24)13-6-8-21(9-7-13)14-5-4-12(11-20)15(10-14)16(17,18)19/h4-5,10,13H,3,6-9H2,1-2H3. The Bertz CT molecular complexity index is 764. The monoisotopic (exact) mass is 375 g/mol. The third-order valence-corrected chi connectivity index (χ3v) is 5.81. The summed E-state index contributed by atoms with van der Waals surface area (Å²) < 4.78 is 64.3. The highest BCUT2D eigenvalue weighted by atomic mass is 32.2. The topological polar surface area (TPSA) is 64.4 Å². The normalized spacial score (nSPS) is 16.9. The number of rotatable bonds is 4. The van der Waals surface area contributed by atoms with E-state index in [1.165, 1.54) is 22.7 Å². The van der Waals surface area contributed by atoms with Crippen LogP contribution in [0.15, 0.2) is 18.2 Å². The highest BCUT2D eigenvalue weighted by molar-refractivity contribution is 7.88. The lowest BCUT2D eigenvalue weighted by molar-refractivity contribution is -0.137. The molecule has 1 fully saturated rings. The van der Waals surface area contributed by atoms with Crippen LogP contribution in [0.4, 0.5) is 18.9 Å². The minimum absolute atomic E-state index is 0.142. The third-order valence-electron chi connectivity index (χ3n) is 4.40. The SMILES string of the molecule is CCN(C1CCN(c2ccc(C#N)c(C(F)(F)F)c2)CC1)S(C)(=O)=O. The smallest absolute Gasteiger partial charge is 0.371 e. The van der Waals surface area contributed by atoms with E-state index in [1.807, 2.05) is 0 Å². The molecule has 1 aromatic carbocycles. The molecule has 138 valence electrons. The van der Waals surface area contributed by atoms with Gasteiger partial charge in [-0.05, 0) is 31.0 Å². The molecular weight excluding hydrogens is 355 g/mol. The van der Waals surface area contributed by atoms with Crippen LogP contribution < -0.4 is 4.90 Å². The van der Waals surface area contributed by atoms with Gasteiger partial charge in [0.2, 0.25) is 10.0 Å². The molecule has 5 nitrogen and oxygen atoms in total. The second-order valence-corrected chi connectivity index (χ2v) is 7.96. The highest BCUT2D eigenvalue weighted by Gasteiger charge is 2.35. The lowest BCUT2D eigenvalue weighted by Gasteiger charge is -2.38. The molecule has 9 heteroatoms. The molecule has 0 N–H and O–H groups in total. The summed E-state index contributed by atoms with van der Waals surface area (Å²) >= 11 is 0. The fourth-order valence-corrected chi connectivity index (χ4v) is 4.46. The second-order valence-electron chi connectivity index (χ2n) is 6.02. The number of hydrogen-bond donors (Lipinski definition) is 0. The van der Waals surface area contributed by atoms with E-state index < -0.39 is 27.3 Å². The van der Waals surface area contributed by atoms with Crippen LogP contribution in [0.25, 0.3) is 0 Å². The van der Waals surface area contributed by atoms with Crippen molar-refractivity contribution in [2.45, 2.75) is 32.0 Å². The molecule has 1 heterocycles. The maximum Gasteiger partial charge on any atom is 0.417 e. The van der Waals surface area contributed by atoms with E-state index in [0.29, 0.717) is 38.2 Å². The molecule has 0 aromatic heterocycles. The van der Waals surface area contributed by atoms with E-state index in [9.17, 15) is 21.6 Å². The minimum Gasteiger partial charge on any atom is -0.371 e. The number of nitriles is 1. The Morgan fingerprint density at radius 1 is 1.32 bits per heavy atom. The average molecular weight is 375 g/mol. The molecule has 1 aliphatic heterocycles. The van der Waals surface area contributed by atoms with Crippen LogP contribution in [-0.2, 0) is 16.2 Å². The fraction of sp³-hybridized carbons (Fsp3) is 0.562. The van der Waals surface area contributed by atoms with Crippen LogP contribution in [0, 0.1) is 11.3 Å². The first-order chi connectivity index (χ1) is 11.6. The van der Waals surface area contributed by atoms with E-state index in [2.05, 4.69) is 0 Å². The van der Waals surface area contributed by atoms with E-state index in [1.54, 1.807) is 17.9 Å². The Labute approximate surface area is 145 Å². The molecule has 0 atom stereocenters. The van der Waals surface area contributed by atoms with Gasteiger partial charge in [0.25, 0.3) is 0 Å². The van der Waals surface area contributed by atoms with Crippen LogP contribution in [0.2, 0.25) is 0 Å². The number of hydrogen-bond acceptors (Lipinski definition) is 4. The fourth-order valence-electron chi connectivity index (χ4n) is 3.24. The Morgan fingerprint density at radius 3 is 2.36 bits per heavy atom. The van der Waals surface area contributed by atoms with Gasteiger partial charge in [0.1, 0.15) is 0 Å². The Balaban J connectivity index is 2.18. The van der Waals surface area contributed by atoms with Crippen molar-refractivity contribution in [2.24, 2.45) is 0 Å². The van der Waals surface area contributed by atoms with Crippen molar-refractivity contribution in [3.8, 4) is 6.07 Å². The van der Waals surface area contributed by atoms with Crippen LogP contribution in [0.3, 0.4) is 0 Å². The highest BCUT2D eigenvalue weighted by Crippen LogP contribution is 2.35. The summed E-state index contributed by atoms with van der Waals surface area (Å²) in [4.78, 5) is 1.79. The zero-order chi connectivity index (χ0) is 18.8. The number of anilines is 1. The molecule has 1 aromatic rings. The molecule has 1 aliphatic rings. The van der Waals surface area contributed by atoms with Crippen molar-refractivity contribution >= 4 is 15.7 Å². The molecule has 0 unspecified atom stereocenters. The van der Waals surface area contributed by atoms with Crippen molar-refractivity contribution < 1.29 is 21.6 Å². The van der Waals surface area contributed by atoms with Gasteiger partial charge in [-0.15, -0.1) is 0 Å². The molecule has 1 saturated heterocycles. The number of nitrogens with zero attached hydrogens (tertiary/aromatic N) is 3. The Kier molecular flexibility index (Phi) is 5.64. The largest absolute Gasteiger partial charge is 0.417 e.